The van der Waals surface area contributed by atoms with E-state index in [0.29, 0.717) is 28.3 Å². The molecule has 0 radical (unpaired) electrons. The van der Waals surface area contributed by atoms with Crippen molar-refractivity contribution >= 4 is 22.5 Å². The SMILES string of the molecule is C[NH+](Cc1nc2cc(Cl)ccc2c(=O)[nH]1)Cc1ccco1. The Kier molecular flexibility index (Phi) is 3.77. The zero-order chi connectivity index (χ0) is 14.8. The maximum Gasteiger partial charge on any atom is 0.258 e. The van der Waals surface area contributed by atoms with E-state index in [1.807, 2.05) is 19.2 Å². The van der Waals surface area contributed by atoms with Crippen LogP contribution >= 0.6 is 11.6 Å². The van der Waals surface area contributed by atoms with Crippen LogP contribution in [0.25, 0.3) is 10.9 Å². The average Bonchev–Trinajstić information content (AvgIpc) is 2.90. The fourth-order valence-corrected chi connectivity index (χ4v) is 2.47. The maximum atomic E-state index is 12.0. The van der Waals surface area contributed by atoms with Gasteiger partial charge >= 0.3 is 0 Å². The second kappa shape index (κ2) is 5.71. The lowest BCUT2D eigenvalue weighted by molar-refractivity contribution is -0.909. The highest BCUT2D eigenvalue weighted by atomic mass is 35.5. The number of H-pyrrole nitrogens is 1. The summed E-state index contributed by atoms with van der Waals surface area (Å²) >= 11 is 5.95. The monoisotopic (exact) mass is 304 g/mol. The van der Waals surface area contributed by atoms with Crippen LogP contribution < -0.4 is 10.5 Å². The van der Waals surface area contributed by atoms with Crippen LogP contribution in [0.15, 0.2) is 45.8 Å². The van der Waals surface area contributed by atoms with Gasteiger partial charge in [0.05, 0.1) is 24.2 Å². The summed E-state index contributed by atoms with van der Waals surface area (Å²) in [4.78, 5) is 20.5. The minimum Gasteiger partial charge on any atom is -0.463 e. The van der Waals surface area contributed by atoms with Gasteiger partial charge < -0.3 is 14.3 Å². The number of rotatable bonds is 4. The third-order valence-corrected chi connectivity index (χ3v) is 3.48. The van der Waals surface area contributed by atoms with Gasteiger partial charge in [-0.2, -0.15) is 0 Å². The van der Waals surface area contributed by atoms with Crippen LogP contribution in [0.5, 0.6) is 0 Å². The highest BCUT2D eigenvalue weighted by Crippen LogP contribution is 2.14. The number of nitrogens with one attached hydrogen (secondary N) is 2. The second-order valence-corrected chi connectivity index (χ2v) is 5.50. The number of halogens is 1. The lowest BCUT2D eigenvalue weighted by Gasteiger charge is -2.12. The minimum atomic E-state index is -0.141. The molecule has 108 valence electrons. The number of aromatic nitrogens is 2. The molecule has 5 nitrogen and oxygen atoms in total. The first kappa shape index (κ1) is 13.9. The second-order valence-electron chi connectivity index (χ2n) is 5.06. The lowest BCUT2D eigenvalue weighted by Crippen LogP contribution is -3.06. The predicted octanol–water partition coefficient (Wildman–Crippen LogP) is 1.38. The van der Waals surface area contributed by atoms with Gasteiger partial charge in [-0.3, -0.25) is 4.79 Å². The number of furan rings is 1. The van der Waals surface area contributed by atoms with E-state index < -0.39 is 0 Å². The number of fused-ring (bicyclic) bond motifs is 1. The van der Waals surface area contributed by atoms with Crippen LogP contribution in [0.4, 0.5) is 0 Å². The standard InChI is InChI=1S/C15H14ClN3O2/c1-19(8-11-3-2-6-21-11)9-14-17-13-7-10(16)4-5-12(13)15(20)18-14/h2-7H,8-9H2,1H3,(H,17,18,20)/p+1. The Labute approximate surface area is 126 Å². The summed E-state index contributed by atoms with van der Waals surface area (Å²) in [6.45, 7) is 1.32. The van der Waals surface area contributed by atoms with Gasteiger partial charge in [0.1, 0.15) is 13.1 Å². The van der Waals surface area contributed by atoms with Crippen molar-refractivity contribution in [2.45, 2.75) is 13.1 Å². The van der Waals surface area contributed by atoms with Gasteiger partial charge in [-0.05, 0) is 30.3 Å². The molecule has 2 aromatic heterocycles. The first-order valence-corrected chi connectivity index (χ1v) is 7.02. The van der Waals surface area contributed by atoms with Crippen LogP contribution in [0, 0.1) is 0 Å². The molecule has 2 N–H and O–H groups in total. The molecule has 0 aliphatic carbocycles. The van der Waals surface area contributed by atoms with Crippen molar-refractivity contribution in [1.29, 1.82) is 0 Å². The topological polar surface area (TPSA) is 63.3 Å². The fraction of sp³-hybridized carbons (Fsp3) is 0.200. The molecule has 0 aliphatic rings. The largest absolute Gasteiger partial charge is 0.463 e. The molecule has 0 saturated carbocycles. The molecular weight excluding hydrogens is 290 g/mol. The summed E-state index contributed by atoms with van der Waals surface area (Å²) in [6, 6.07) is 8.87. The van der Waals surface area contributed by atoms with Crippen molar-refractivity contribution in [3.05, 3.63) is 63.6 Å². The van der Waals surface area contributed by atoms with E-state index in [4.69, 9.17) is 16.0 Å². The molecule has 1 unspecified atom stereocenters. The van der Waals surface area contributed by atoms with Gasteiger partial charge in [0.25, 0.3) is 5.56 Å². The molecule has 0 amide bonds. The summed E-state index contributed by atoms with van der Waals surface area (Å²) in [6.07, 6.45) is 1.65. The van der Waals surface area contributed by atoms with Crippen molar-refractivity contribution in [1.82, 2.24) is 9.97 Å². The van der Waals surface area contributed by atoms with E-state index in [9.17, 15) is 4.79 Å². The molecule has 6 heteroatoms. The average molecular weight is 305 g/mol. The van der Waals surface area contributed by atoms with Gasteiger partial charge in [0.15, 0.2) is 11.6 Å². The highest BCUT2D eigenvalue weighted by molar-refractivity contribution is 6.31. The molecule has 0 spiro atoms. The molecule has 1 atom stereocenters. The van der Waals surface area contributed by atoms with Crippen LogP contribution in [0.1, 0.15) is 11.6 Å². The Bertz CT molecular complexity index is 811. The number of benzene rings is 1. The Morgan fingerprint density at radius 1 is 1.33 bits per heavy atom. The predicted molar refractivity (Wildman–Crippen MR) is 80.4 cm³/mol. The van der Waals surface area contributed by atoms with E-state index in [-0.39, 0.29) is 5.56 Å². The molecule has 0 aliphatic heterocycles. The molecule has 0 saturated heterocycles. The van der Waals surface area contributed by atoms with E-state index in [2.05, 4.69) is 9.97 Å². The zero-order valence-corrected chi connectivity index (χ0v) is 12.3. The molecule has 0 fully saturated rings. The molecular formula is C15H15ClN3O2+. The third kappa shape index (κ3) is 3.15. The number of quaternary nitrogens is 1. The Morgan fingerprint density at radius 3 is 2.95 bits per heavy atom. The van der Waals surface area contributed by atoms with Crippen LogP contribution in [-0.2, 0) is 13.1 Å². The Morgan fingerprint density at radius 2 is 2.19 bits per heavy atom. The minimum absolute atomic E-state index is 0.141. The number of hydrogen-bond donors (Lipinski definition) is 2. The highest BCUT2D eigenvalue weighted by Gasteiger charge is 2.11. The summed E-state index contributed by atoms with van der Waals surface area (Å²) in [5, 5.41) is 1.12. The van der Waals surface area contributed by atoms with Crippen molar-refractivity contribution < 1.29 is 9.32 Å². The fourth-order valence-electron chi connectivity index (χ4n) is 2.30. The Balaban J connectivity index is 1.85. The van der Waals surface area contributed by atoms with Gasteiger partial charge in [-0.15, -0.1) is 0 Å². The number of aromatic amines is 1. The summed E-state index contributed by atoms with van der Waals surface area (Å²) in [5.41, 5.74) is 0.476. The van der Waals surface area contributed by atoms with E-state index in [0.717, 1.165) is 17.2 Å². The molecule has 21 heavy (non-hydrogen) atoms. The van der Waals surface area contributed by atoms with Gasteiger partial charge in [-0.1, -0.05) is 11.6 Å². The zero-order valence-electron chi connectivity index (χ0n) is 11.5. The van der Waals surface area contributed by atoms with Crippen molar-refractivity contribution in [2.24, 2.45) is 0 Å². The molecule has 1 aromatic carbocycles. The molecule has 3 aromatic rings. The van der Waals surface area contributed by atoms with Crippen molar-refractivity contribution in [2.75, 3.05) is 7.05 Å². The quantitative estimate of drug-likeness (QED) is 0.765. The molecule has 0 bridgehead atoms. The lowest BCUT2D eigenvalue weighted by atomic mass is 10.2. The summed E-state index contributed by atoms with van der Waals surface area (Å²) < 4.78 is 5.32. The first-order valence-electron chi connectivity index (χ1n) is 6.64. The van der Waals surface area contributed by atoms with Gasteiger partial charge in [0, 0.05) is 5.02 Å². The maximum absolute atomic E-state index is 12.0. The van der Waals surface area contributed by atoms with Gasteiger partial charge in [0.2, 0.25) is 0 Å². The number of hydrogen-bond acceptors (Lipinski definition) is 3. The van der Waals surface area contributed by atoms with E-state index in [1.165, 1.54) is 0 Å². The third-order valence-electron chi connectivity index (χ3n) is 3.24. The summed E-state index contributed by atoms with van der Waals surface area (Å²) in [5.74, 6) is 1.54. The van der Waals surface area contributed by atoms with Crippen LogP contribution in [-0.4, -0.2) is 17.0 Å². The van der Waals surface area contributed by atoms with Gasteiger partial charge in [-0.25, -0.2) is 4.98 Å². The number of nitrogens with zero attached hydrogens (tertiary/aromatic N) is 1. The van der Waals surface area contributed by atoms with E-state index >= 15 is 0 Å². The van der Waals surface area contributed by atoms with Crippen molar-refractivity contribution in [3.8, 4) is 0 Å². The Hall–Kier alpha value is -2.11. The van der Waals surface area contributed by atoms with Crippen molar-refractivity contribution in [3.63, 3.8) is 0 Å². The normalized spacial score (nSPS) is 12.7. The smallest absolute Gasteiger partial charge is 0.258 e. The summed E-state index contributed by atoms with van der Waals surface area (Å²) in [7, 11) is 2.02. The van der Waals surface area contributed by atoms with E-state index in [1.54, 1.807) is 24.5 Å². The first-order chi connectivity index (χ1) is 10.1. The van der Waals surface area contributed by atoms with Crippen LogP contribution in [0.3, 0.4) is 0 Å². The molecule has 3 rings (SSSR count). The van der Waals surface area contributed by atoms with Crippen LogP contribution in [0.2, 0.25) is 5.02 Å². The molecule has 2 heterocycles.